The Hall–Kier alpha value is 0. The maximum atomic E-state index is 3.17. The van der Waals surface area contributed by atoms with Crippen LogP contribution in [0.2, 0.25) is 0 Å². The molecule has 0 fully saturated rings. The van der Waals surface area contributed by atoms with Gasteiger partial charge in [0.2, 0.25) is 0 Å². The van der Waals surface area contributed by atoms with Gasteiger partial charge in [0.05, 0.1) is 0 Å². The Kier molecular flexibility index (Phi) is 5.14. The van der Waals surface area contributed by atoms with Gasteiger partial charge in [0, 0.05) is 0 Å². The lowest BCUT2D eigenvalue weighted by atomic mass is 9.98. The minimum absolute atomic E-state index is 0.889. The molecule has 8 heavy (non-hydrogen) atoms. The topological polar surface area (TPSA) is 0 Å². The molecule has 0 bridgehead atoms. The quantitative estimate of drug-likeness (QED) is 0.524. The van der Waals surface area contributed by atoms with E-state index < -0.39 is 0 Å². The molecule has 0 saturated heterocycles. The molecule has 0 nitrogen and oxygen atoms in total. The van der Waals surface area contributed by atoms with Gasteiger partial charge in [-0.1, -0.05) is 33.6 Å². The number of rotatable bonds is 4. The van der Waals surface area contributed by atoms with Crippen molar-refractivity contribution in [3.05, 3.63) is 6.42 Å². The summed E-state index contributed by atoms with van der Waals surface area (Å²) in [6, 6.07) is 0. The van der Waals surface area contributed by atoms with Gasteiger partial charge in [-0.2, -0.15) is 0 Å². The molecule has 48 valence electrons. The van der Waals surface area contributed by atoms with E-state index in [1.165, 1.54) is 19.3 Å². The molecule has 0 aromatic carbocycles. The third-order valence-electron chi connectivity index (χ3n) is 1.65. The minimum atomic E-state index is 0.889. The first kappa shape index (κ1) is 8.00. The van der Waals surface area contributed by atoms with Crippen LogP contribution < -0.4 is 0 Å². The second-order valence-electron chi connectivity index (χ2n) is 2.24. The predicted molar refractivity (Wildman–Crippen MR) is 37.6 cm³/mol. The Bertz CT molecular complexity index is 35.3. The molecule has 0 aliphatic carbocycles. The van der Waals surface area contributed by atoms with E-state index in [1.807, 2.05) is 6.92 Å². The van der Waals surface area contributed by atoms with Crippen LogP contribution in [0.3, 0.4) is 0 Å². The number of hydrogen-bond acceptors (Lipinski definition) is 0. The lowest BCUT2D eigenvalue weighted by Crippen LogP contribution is -1.94. The highest BCUT2D eigenvalue weighted by Crippen LogP contribution is 2.12. The van der Waals surface area contributed by atoms with E-state index in [4.69, 9.17) is 0 Å². The van der Waals surface area contributed by atoms with E-state index in [1.54, 1.807) is 0 Å². The lowest BCUT2D eigenvalue weighted by Gasteiger charge is -2.07. The molecular weight excluding hydrogens is 96.1 g/mol. The SMILES string of the molecule is C[C]CC(CC)CC. The summed E-state index contributed by atoms with van der Waals surface area (Å²) in [6.45, 7) is 6.50. The van der Waals surface area contributed by atoms with Gasteiger partial charge >= 0.3 is 0 Å². The second-order valence-corrected chi connectivity index (χ2v) is 2.24. The van der Waals surface area contributed by atoms with Crippen molar-refractivity contribution in [3.8, 4) is 0 Å². The van der Waals surface area contributed by atoms with E-state index >= 15 is 0 Å². The molecule has 0 N–H and O–H groups in total. The van der Waals surface area contributed by atoms with Crippen molar-refractivity contribution >= 4 is 0 Å². The van der Waals surface area contributed by atoms with Crippen molar-refractivity contribution < 1.29 is 0 Å². The molecule has 0 heterocycles. The zero-order valence-electron chi connectivity index (χ0n) is 6.20. The Morgan fingerprint density at radius 3 is 1.88 bits per heavy atom. The maximum absolute atomic E-state index is 3.17. The standard InChI is InChI=1S/C8H16/c1-4-7-8(5-2)6-3/h8H,5-7H2,1-3H3. The molecule has 2 radical (unpaired) electrons. The van der Waals surface area contributed by atoms with Crippen LogP contribution in [-0.4, -0.2) is 0 Å². The van der Waals surface area contributed by atoms with Gasteiger partial charge < -0.3 is 0 Å². The summed E-state index contributed by atoms with van der Waals surface area (Å²) in [5, 5.41) is 0. The molecule has 0 aliphatic heterocycles. The van der Waals surface area contributed by atoms with Crippen molar-refractivity contribution in [1.29, 1.82) is 0 Å². The molecule has 0 unspecified atom stereocenters. The molecule has 0 rings (SSSR count). The Morgan fingerprint density at radius 2 is 1.75 bits per heavy atom. The first-order valence-corrected chi connectivity index (χ1v) is 3.49. The normalized spacial score (nSPS) is 10.5. The molecule has 0 aromatic rings. The smallest absolute Gasteiger partial charge is 0.0204 e. The Morgan fingerprint density at radius 1 is 1.25 bits per heavy atom. The monoisotopic (exact) mass is 112 g/mol. The molecular formula is C8H16. The predicted octanol–water partition coefficient (Wildman–Crippen LogP) is 2.91. The zero-order valence-corrected chi connectivity index (χ0v) is 6.20. The summed E-state index contributed by atoms with van der Waals surface area (Å²) >= 11 is 0. The van der Waals surface area contributed by atoms with E-state index in [2.05, 4.69) is 20.3 Å². The van der Waals surface area contributed by atoms with Crippen molar-refractivity contribution in [2.24, 2.45) is 5.92 Å². The molecule has 0 spiro atoms. The Balaban J connectivity index is 3.07. The van der Waals surface area contributed by atoms with Crippen molar-refractivity contribution in [3.63, 3.8) is 0 Å². The Labute approximate surface area is 53.3 Å². The van der Waals surface area contributed by atoms with Crippen LogP contribution in [0.15, 0.2) is 0 Å². The highest BCUT2D eigenvalue weighted by atomic mass is 14.0. The van der Waals surface area contributed by atoms with Gasteiger partial charge in [0.25, 0.3) is 0 Å². The van der Waals surface area contributed by atoms with Crippen molar-refractivity contribution in [2.75, 3.05) is 0 Å². The molecule has 0 heteroatoms. The highest BCUT2D eigenvalue weighted by molar-refractivity contribution is 4.63. The summed E-state index contributed by atoms with van der Waals surface area (Å²) < 4.78 is 0. The lowest BCUT2D eigenvalue weighted by molar-refractivity contribution is 0.486. The molecule has 0 saturated carbocycles. The van der Waals surface area contributed by atoms with Crippen LogP contribution in [-0.2, 0) is 0 Å². The number of hydrogen-bond donors (Lipinski definition) is 0. The van der Waals surface area contributed by atoms with Gasteiger partial charge in [-0.05, 0) is 18.8 Å². The fourth-order valence-electron chi connectivity index (χ4n) is 0.866. The van der Waals surface area contributed by atoms with Crippen LogP contribution in [0.4, 0.5) is 0 Å². The summed E-state index contributed by atoms with van der Waals surface area (Å²) in [5.74, 6) is 0.889. The molecule has 0 atom stereocenters. The molecule has 0 amide bonds. The first-order chi connectivity index (χ1) is 3.85. The summed E-state index contributed by atoms with van der Waals surface area (Å²) in [7, 11) is 0. The summed E-state index contributed by atoms with van der Waals surface area (Å²) in [4.78, 5) is 0. The van der Waals surface area contributed by atoms with Crippen molar-refractivity contribution in [2.45, 2.75) is 40.0 Å². The highest BCUT2D eigenvalue weighted by Gasteiger charge is 1.99. The van der Waals surface area contributed by atoms with E-state index in [0.717, 1.165) is 5.92 Å². The van der Waals surface area contributed by atoms with Crippen LogP contribution in [0.25, 0.3) is 0 Å². The van der Waals surface area contributed by atoms with Crippen LogP contribution in [0, 0.1) is 12.3 Å². The van der Waals surface area contributed by atoms with Crippen LogP contribution in [0.5, 0.6) is 0 Å². The van der Waals surface area contributed by atoms with Crippen LogP contribution >= 0.6 is 0 Å². The van der Waals surface area contributed by atoms with Gasteiger partial charge in [-0.25, -0.2) is 0 Å². The minimum Gasteiger partial charge on any atom is -0.0651 e. The third-order valence-corrected chi connectivity index (χ3v) is 1.65. The van der Waals surface area contributed by atoms with Crippen LogP contribution in [0.1, 0.15) is 40.0 Å². The first-order valence-electron chi connectivity index (χ1n) is 3.49. The van der Waals surface area contributed by atoms with E-state index in [0.29, 0.717) is 0 Å². The summed E-state index contributed by atoms with van der Waals surface area (Å²) in [5.41, 5.74) is 0. The van der Waals surface area contributed by atoms with E-state index in [-0.39, 0.29) is 0 Å². The molecule has 0 aliphatic rings. The van der Waals surface area contributed by atoms with E-state index in [9.17, 15) is 0 Å². The second kappa shape index (κ2) is 5.14. The average molecular weight is 112 g/mol. The average Bonchev–Trinajstić information content (AvgIpc) is 1.83. The van der Waals surface area contributed by atoms with Gasteiger partial charge in [0.15, 0.2) is 0 Å². The van der Waals surface area contributed by atoms with Gasteiger partial charge in [0.1, 0.15) is 0 Å². The maximum Gasteiger partial charge on any atom is -0.0204 e. The summed E-state index contributed by atoms with van der Waals surface area (Å²) in [6.07, 6.45) is 6.95. The van der Waals surface area contributed by atoms with Gasteiger partial charge in [-0.3, -0.25) is 0 Å². The third kappa shape index (κ3) is 3.06. The fraction of sp³-hybridized carbons (Fsp3) is 0.875. The van der Waals surface area contributed by atoms with Crippen molar-refractivity contribution in [1.82, 2.24) is 0 Å². The fourth-order valence-corrected chi connectivity index (χ4v) is 0.866. The van der Waals surface area contributed by atoms with Gasteiger partial charge in [-0.15, -0.1) is 0 Å². The largest absolute Gasteiger partial charge is 0.0651 e. The molecule has 0 aromatic heterocycles. The zero-order chi connectivity index (χ0) is 6.41.